The number of carbonyl (C=O) groups is 1. The molecule has 9 heteroatoms. The lowest BCUT2D eigenvalue weighted by Gasteiger charge is -2.06. The highest BCUT2D eigenvalue weighted by Crippen LogP contribution is 2.20. The van der Waals surface area contributed by atoms with E-state index in [1.807, 2.05) is 6.92 Å². The zero-order chi connectivity index (χ0) is 16.1. The highest BCUT2D eigenvalue weighted by molar-refractivity contribution is 7.99. The molecule has 0 aliphatic rings. The van der Waals surface area contributed by atoms with E-state index in [4.69, 9.17) is 11.6 Å². The smallest absolute Gasteiger partial charge is 0.325 e. The molecule has 2 rings (SSSR count). The number of hydrogen-bond donors (Lipinski definition) is 2. The molecule has 1 amide bonds. The van der Waals surface area contributed by atoms with E-state index in [1.165, 1.54) is 22.8 Å². The van der Waals surface area contributed by atoms with Gasteiger partial charge in [-0.25, -0.2) is 14.3 Å². The normalized spacial score (nSPS) is 10.7. The fourth-order valence-corrected chi connectivity index (χ4v) is 2.69. The van der Waals surface area contributed by atoms with Gasteiger partial charge in [0.1, 0.15) is 5.82 Å². The van der Waals surface area contributed by atoms with Crippen LogP contribution in [0.15, 0.2) is 28.2 Å². The Morgan fingerprint density at radius 1 is 1.55 bits per heavy atom. The molecule has 1 heterocycles. The minimum atomic E-state index is -0.547. The lowest BCUT2D eigenvalue weighted by atomic mass is 10.3. The lowest BCUT2D eigenvalue weighted by molar-refractivity contribution is -0.113. The number of nitrogens with zero attached hydrogens (tertiary/aromatic N) is 2. The summed E-state index contributed by atoms with van der Waals surface area (Å²) in [5, 5.41) is 9.23. The number of halogens is 2. The van der Waals surface area contributed by atoms with Crippen LogP contribution in [0.5, 0.6) is 0 Å². The molecule has 1 aromatic carbocycles. The molecule has 0 fully saturated rings. The highest BCUT2D eigenvalue weighted by atomic mass is 35.5. The molecule has 0 radical (unpaired) electrons. The molecule has 0 aliphatic heterocycles. The Kier molecular flexibility index (Phi) is 5.62. The first-order valence-electron chi connectivity index (χ1n) is 6.54. The second-order valence-corrected chi connectivity index (χ2v) is 5.78. The number of aromatic nitrogens is 3. The number of carbonyl (C=O) groups excluding carboxylic acids is 1. The Morgan fingerprint density at radius 3 is 3.00 bits per heavy atom. The molecule has 118 valence electrons. The minimum absolute atomic E-state index is 0.0606. The van der Waals surface area contributed by atoms with Gasteiger partial charge in [0.05, 0.1) is 10.8 Å². The molecular formula is C13H14ClFN4O2S. The SMILES string of the molecule is CCCn1c(SCC(=O)Nc2ccc(F)c(Cl)c2)n[nH]c1=O. The van der Waals surface area contributed by atoms with Crippen LogP contribution < -0.4 is 11.0 Å². The van der Waals surface area contributed by atoms with Crippen molar-refractivity contribution >= 4 is 35.0 Å². The van der Waals surface area contributed by atoms with Crippen LogP contribution >= 0.6 is 23.4 Å². The summed E-state index contributed by atoms with van der Waals surface area (Å²) in [4.78, 5) is 23.4. The third-order valence-corrected chi connectivity index (χ3v) is 3.97. The Labute approximate surface area is 135 Å². The molecule has 0 saturated carbocycles. The van der Waals surface area contributed by atoms with E-state index in [1.54, 1.807) is 0 Å². The first-order chi connectivity index (χ1) is 10.5. The van der Waals surface area contributed by atoms with Crippen LogP contribution in [0, 0.1) is 5.82 Å². The van der Waals surface area contributed by atoms with E-state index in [0.717, 1.165) is 18.2 Å². The maximum absolute atomic E-state index is 13.0. The van der Waals surface area contributed by atoms with Gasteiger partial charge in [0.2, 0.25) is 5.91 Å². The van der Waals surface area contributed by atoms with Gasteiger partial charge in [-0.3, -0.25) is 9.36 Å². The maximum Gasteiger partial charge on any atom is 0.343 e. The van der Waals surface area contributed by atoms with Crippen molar-refractivity contribution in [1.29, 1.82) is 0 Å². The second-order valence-electron chi connectivity index (χ2n) is 4.43. The summed E-state index contributed by atoms with van der Waals surface area (Å²) < 4.78 is 14.5. The number of H-pyrrole nitrogens is 1. The van der Waals surface area contributed by atoms with Gasteiger partial charge >= 0.3 is 5.69 Å². The minimum Gasteiger partial charge on any atom is -0.325 e. The van der Waals surface area contributed by atoms with E-state index in [9.17, 15) is 14.0 Å². The van der Waals surface area contributed by atoms with Crippen molar-refractivity contribution in [3.05, 3.63) is 39.5 Å². The van der Waals surface area contributed by atoms with Crippen molar-refractivity contribution < 1.29 is 9.18 Å². The summed E-state index contributed by atoms with van der Waals surface area (Å²) in [5.74, 6) is -0.775. The standard InChI is InChI=1S/C13H14ClFN4O2S/c1-2-5-19-12(21)17-18-13(19)22-7-11(20)16-8-3-4-10(15)9(14)6-8/h3-4,6H,2,5,7H2,1H3,(H,16,20)(H,17,21). The summed E-state index contributed by atoms with van der Waals surface area (Å²) in [6.45, 7) is 2.48. The maximum atomic E-state index is 13.0. The summed E-state index contributed by atoms with van der Waals surface area (Å²) >= 11 is 6.79. The average molecular weight is 345 g/mol. The second kappa shape index (κ2) is 7.46. The molecule has 0 spiro atoms. The zero-order valence-electron chi connectivity index (χ0n) is 11.7. The van der Waals surface area contributed by atoms with Crippen molar-refractivity contribution in [1.82, 2.24) is 14.8 Å². The topological polar surface area (TPSA) is 79.8 Å². The monoisotopic (exact) mass is 344 g/mol. The van der Waals surface area contributed by atoms with E-state index in [2.05, 4.69) is 15.5 Å². The molecule has 0 aliphatic carbocycles. The van der Waals surface area contributed by atoms with Crippen LogP contribution in [0.3, 0.4) is 0 Å². The highest BCUT2D eigenvalue weighted by Gasteiger charge is 2.11. The number of rotatable bonds is 6. The number of hydrogen-bond acceptors (Lipinski definition) is 4. The molecule has 2 aromatic rings. The van der Waals surface area contributed by atoms with Crippen LogP contribution in [0.25, 0.3) is 0 Å². The Balaban J connectivity index is 1.95. The molecule has 6 nitrogen and oxygen atoms in total. The van der Waals surface area contributed by atoms with Crippen LogP contribution in [0.1, 0.15) is 13.3 Å². The first-order valence-corrected chi connectivity index (χ1v) is 7.90. The molecular weight excluding hydrogens is 331 g/mol. The zero-order valence-corrected chi connectivity index (χ0v) is 13.3. The number of thioether (sulfide) groups is 1. The van der Waals surface area contributed by atoms with Crippen molar-refractivity contribution in [2.75, 3.05) is 11.1 Å². The average Bonchev–Trinajstić information content (AvgIpc) is 2.82. The fraction of sp³-hybridized carbons (Fsp3) is 0.308. The first kappa shape index (κ1) is 16.6. The van der Waals surface area contributed by atoms with Gasteiger partial charge in [0, 0.05) is 12.2 Å². The van der Waals surface area contributed by atoms with Crippen LogP contribution in [-0.4, -0.2) is 26.4 Å². The Hall–Kier alpha value is -1.80. The van der Waals surface area contributed by atoms with Crippen molar-refractivity contribution in [2.45, 2.75) is 25.0 Å². The third-order valence-electron chi connectivity index (χ3n) is 2.71. The van der Waals surface area contributed by atoms with Gasteiger partial charge < -0.3 is 5.32 Å². The number of aromatic amines is 1. The molecule has 0 bridgehead atoms. The largest absolute Gasteiger partial charge is 0.343 e. The summed E-state index contributed by atoms with van der Waals surface area (Å²) in [7, 11) is 0. The van der Waals surface area contributed by atoms with E-state index >= 15 is 0 Å². The van der Waals surface area contributed by atoms with Crippen molar-refractivity contribution in [3.63, 3.8) is 0 Å². The van der Waals surface area contributed by atoms with E-state index in [0.29, 0.717) is 17.4 Å². The van der Waals surface area contributed by atoms with Gasteiger partial charge in [0.25, 0.3) is 0 Å². The number of nitrogens with one attached hydrogen (secondary N) is 2. The van der Waals surface area contributed by atoms with Gasteiger partial charge in [-0.15, -0.1) is 5.10 Å². The fourth-order valence-electron chi connectivity index (χ4n) is 1.74. The Morgan fingerprint density at radius 2 is 2.32 bits per heavy atom. The van der Waals surface area contributed by atoms with Crippen molar-refractivity contribution in [3.8, 4) is 0 Å². The van der Waals surface area contributed by atoms with Gasteiger partial charge in [-0.2, -0.15) is 0 Å². The van der Waals surface area contributed by atoms with E-state index in [-0.39, 0.29) is 22.4 Å². The molecule has 0 saturated heterocycles. The van der Waals surface area contributed by atoms with Gasteiger partial charge in [0.15, 0.2) is 5.16 Å². The summed E-state index contributed by atoms with van der Waals surface area (Å²) in [6, 6.07) is 3.93. The van der Waals surface area contributed by atoms with Crippen LogP contribution in [-0.2, 0) is 11.3 Å². The molecule has 2 N–H and O–H groups in total. The van der Waals surface area contributed by atoms with Gasteiger partial charge in [-0.1, -0.05) is 30.3 Å². The summed E-state index contributed by atoms with van der Waals surface area (Å²) in [5.41, 5.74) is 0.111. The molecule has 0 unspecified atom stereocenters. The number of amides is 1. The molecule has 0 atom stereocenters. The number of anilines is 1. The van der Waals surface area contributed by atoms with E-state index < -0.39 is 5.82 Å². The Bertz CT molecular complexity index is 731. The summed E-state index contributed by atoms with van der Waals surface area (Å²) in [6.07, 6.45) is 0.785. The molecule has 1 aromatic heterocycles. The number of benzene rings is 1. The quantitative estimate of drug-likeness (QED) is 0.789. The predicted molar refractivity (Wildman–Crippen MR) is 83.9 cm³/mol. The molecule has 22 heavy (non-hydrogen) atoms. The third kappa shape index (κ3) is 4.11. The van der Waals surface area contributed by atoms with Crippen molar-refractivity contribution in [2.24, 2.45) is 0 Å². The van der Waals surface area contributed by atoms with Crippen LogP contribution in [0.2, 0.25) is 5.02 Å². The predicted octanol–water partition coefficient (Wildman–Crippen LogP) is 2.50. The van der Waals surface area contributed by atoms with Crippen LogP contribution in [0.4, 0.5) is 10.1 Å². The van der Waals surface area contributed by atoms with Gasteiger partial charge in [-0.05, 0) is 24.6 Å². The lowest BCUT2D eigenvalue weighted by Crippen LogP contribution is -2.18.